The first-order chi connectivity index (χ1) is 7.36. The molecule has 2 atom stereocenters. The first kappa shape index (κ1) is 10.3. The van der Waals surface area contributed by atoms with Crippen LogP contribution in [0.1, 0.15) is 25.7 Å². The van der Waals surface area contributed by atoms with E-state index >= 15 is 0 Å². The molecule has 0 aliphatic heterocycles. The van der Waals surface area contributed by atoms with Gasteiger partial charge in [0.2, 0.25) is 0 Å². The van der Waals surface area contributed by atoms with Gasteiger partial charge in [0.15, 0.2) is 0 Å². The van der Waals surface area contributed by atoms with Crippen molar-refractivity contribution in [2.75, 3.05) is 0 Å². The summed E-state index contributed by atoms with van der Waals surface area (Å²) in [6.07, 6.45) is 3.77. The summed E-state index contributed by atoms with van der Waals surface area (Å²) in [7, 11) is 0. The fraction of sp³-hybridized carbons (Fsp3) is 0.500. The third-order valence-electron chi connectivity index (χ3n) is 2.77. The molecule has 0 spiro atoms. The topological polar surface area (TPSA) is 45.0 Å². The van der Waals surface area contributed by atoms with Crippen molar-refractivity contribution in [3.05, 3.63) is 30.3 Å². The molecule has 1 fully saturated rings. The Morgan fingerprint density at radius 3 is 2.53 bits per heavy atom. The van der Waals surface area contributed by atoms with Crippen molar-refractivity contribution in [3.63, 3.8) is 0 Å². The van der Waals surface area contributed by atoms with Crippen LogP contribution in [0, 0.1) is 0 Å². The van der Waals surface area contributed by atoms with E-state index in [4.69, 9.17) is 0 Å². The summed E-state index contributed by atoms with van der Waals surface area (Å²) in [6.45, 7) is 0. The predicted octanol–water partition coefficient (Wildman–Crippen LogP) is 3.07. The van der Waals surface area contributed by atoms with Gasteiger partial charge in [0, 0.05) is 0 Å². The molecule has 3 heteroatoms. The van der Waals surface area contributed by atoms with Crippen molar-refractivity contribution in [1.82, 2.24) is 0 Å². The molecular weight excluding hydrogens is 188 g/mol. The first-order valence-electron chi connectivity index (χ1n) is 5.50. The molecule has 1 aliphatic carbocycles. The average molecular weight is 204 g/mol. The second-order valence-corrected chi connectivity index (χ2v) is 3.97. The number of aliphatic hydroxyl groups excluding tert-OH is 1. The smallest absolute Gasteiger partial charge is 0.0971 e. The van der Waals surface area contributed by atoms with Gasteiger partial charge in [-0.25, -0.2) is 0 Å². The molecule has 2 rings (SSSR count). The van der Waals surface area contributed by atoms with Crippen LogP contribution in [0.15, 0.2) is 40.6 Å². The molecule has 0 amide bonds. The lowest BCUT2D eigenvalue weighted by atomic mass is 9.93. The lowest BCUT2D eigenvalue weighted by molar-refractivity contribution is 0.107. The SMILES string of the molecule is OC1CCCCC1N=Nc1ccccc1. The number of aliphatic hydroxyl groups is 1. The number of benzene rings is 1. The quantitative estimate of drug-likeness (QED) is 0.739. The lowest BCUT2D eigenvalue weighted by Crippen LogP contribution is -2.27. The minimum Gasteiger partial charge on any atom is -0.391 e. The predicted molar refractivity (Wildman–Crippen MR) is 59.2 cm³/mol. The minimum atomic E-state index is -0.300. The molecular formula is C12H16N2O. The van der Waals surface area contributed by atoms with E-state index in [0.717, 1.165) is 31.4 Å². The zero-order valence-electron chi connectivity index (χ0n) is 8.71. The number of hydrogen-bond acceptors (Lipinski definition) is 3. The second-order valence-electron chi connectivity index (χ2n) is 3.97. The summed E-state index contributed by atoms with van der Waals surface area (Å²) in [5, 5.41) is 18.0. The van der Waals surface area contributed by atoms with E-state index in [1.54, 1.807) is 0 Å². The van der Waals surface area contributed by atoms with Crippen LogP contribution < -0.4 is 0 Å². The highest BCUT2D eigenvalue weighted by Crippen LogP contribution is 2.22. The van der Waals surface area contributed by atoms with Crippen LogP contribution in [0.25, 0.3) is 0 Å². The Morgan fingerprint density at radius 2 is 1.80 bits per heavy atom. The lowest BCUT2D eigenvalue weighted by Gasteiger charge is -2.22. The van der Waals surface area contributed by atoms with Gasteiger partial charge in [-0.15, -0.1) is 0 Å². The van der Waals surface area contributed by atoms with Gasteiger partial charge in [-0.2, -0.15) is 10.2 Å². The summed E-state index contributed by atoms with van der Waals surface area (Å²) in [5.74, 6) is 0. The number of nitrogens with zero attached hydrogens (tertiary/aromatic N) is 2. The molecule has 15 heavy (non-hydrogen) atoms. The van der Waals surface area contributed by atoms with Crippen LogP contribution >= 0.6 is 0 Å². The fourth-order valence-corrected chi connectivity index (χ4v) is 1.86. The zero-order valence-corrected chi connectivity index (χ0v) is 8.71. The molecule has 1 aromatic carbocycles. The molecule has 1 aliphatic rings. The second kappa shape index (κ2) is 5.03. The normalized spacial score (nSPS) is 27.0. The standard InChI is InChI=1S/C12H16N2O/c15-12-9-5-4-8-11(12)14-13-10-6-2-1-3-7-10/h1-3,6-7,11-12,15H,4-5,8-9H2. The molecule has 2 unspecified atom stereocenters. The Labute approximate surface area is 89.9 Å². The van der Waals surface area contributed by atoms with Gasteiger partial charge in [-0.05, 0) is 25.0 Å². The third-order valence-corrected chi connectivity index (χ3v) is 2.77. The monoisotopic (exact) mass is 204 g/mol. The van der Waals surface area contributed by atoms with E-state index in [0.29, 0.717) is 0 Å². The Bertz CT molecular complexity index is 324. The summed E-state index contributed by atoms with van der Waals surface area (Å²) in [6, 6.07) is 9.65. The van der Waals surface area contributed by atoms with Crippen molar-refractivity contribution in [2.45, 2.75) is 37.8 Å². The van der Waals surface area contributed by atoms with Crippen LogP contribution in [0.2, 0.25) is 0 Å². The average Bonchev–Trinajstić information content (AvgIpc) is 2.29. The largest absolute Gasteiger partial charge is 0.391 e. The van der Waals surface area contributed by atoms with E-state index in [1.165, 1.54) is 0 Å². The Balaban J connectivity index is 1.98. The maximum Gasteiger partial charge on any atom is 0.0971 e. The van der Waals surface area contributed by atoms with Gasteiger partial charge in [0.05, 0.1) is 17.8 Å². The van der Waals surface area contributed by atoms with Gasteiger partial charge < -0.3 is 5.11 Å². The Kier molecular flexibility index (Phi) is 3.45. The first-order valence-corrected chi connectivity index (χ1v) is 5.50. The van der Waals surface area contributed by atoms with Crippen LogP contribution in [0.4, 0.5) is 5.69 Å². The van der Waals surface area contributed by atoms with Crippen molar-refractivity contribution >= 4 is 5.69 Å². The molecule has 1 aromatic rings. The number of hydrogen-bond donors (Lipinski definition) is 1. The van der Waals surface area contributed by atoms with Crippen molar-refractivity contribution in [3.8, 4) is 0 Å². The molecule has 0 radical (unpaired) electrons. The number of rotatable bonds is 2. The molecule has 80 valence electrons. The molecule has 0 bridgehead atoms. The minimum absolute atomic E-state index is 0.000967. The van der Waals surface area contributed by atoms with E-state index in [1.807, 2.05) is 30.3 Å². The van der Waals surface area contributed by atoms with Crippen LogP contribution in [0.3, 0.4) is 0 Å². The maximum atomic E-state index is 9.69. The molecule has 1 N–H and O–H groups in total. The molecule has 0 aromatic heterocycles. The summed E-state index contributed by atoms with van der Waals surface area (Å²) in [4.78, 5) is 0. The molecule has 0 heterocycles. The highest BCUT2D eigenvalue weighted by Gasteiger charge is 2.22. The molecule has 1 saturated carbocycles. The number of azo groups is 1. The van der Waals surface area contributed by atoms with Gasteiger partial charge >= 0.3 is 0 Å². The molecule has 3 nitrogen and oxygen atoms in total. The van der Waals surface area contributed by atoms with E-state index in [2.05, 4.69) is 10.2 Å². The summed E-state index contributed by atoms with van der Waals surface area (Å²) >= 11 is 0. The van der Waals surface area contributed by atoms with Gasteiger partial charge in [0.25, 0.3) is 0 Å². The maximum absolute atomic E-state index is 9.69. The van der Waals surface area contributed by atoms with E-state index < -0.39 is 0 Å². The summed E-state index contributed by atoms with van der Waals surface area (Å²) < 4.78 is 0. The highest BCUT2D eigenvalue weighted by atomic mass is 16.3. The Morgan fingerprint density at radius 1 is 1.07 bits per heavy atom. The van der Waals surface area contributed by atoms with Gasteiger partial charge in [-0.1, -0.05) is 31.0 Å². The highest BCUT2D eigenvalue weighted by molar-refractivity contribution is 5.34. The van der Waals surface area contributed by atoms with Crippen molar-refractivity contribution < 1.29 is 5.11 Å². The zero-order chi connectivity index (χ0) is 10.5. The van der Waals surface area contributed by atoms with Crippen LogP contribution in [0.5, 0.6) is 0 Å². The van der Waals surface area contributed by atoms with Gasteiger partial charge in [-0.3, -0.25) is 0 Å². The van der Waals surface area contributed by atoms with E-state index in [9.17, 15) is 5.11 Å². The van der Waals surface area contributed by atoms with Gasteiger partial charge in [0.1, 0.15) is 0 Å². The fourth-order valence-electron chi connectivity index (χ4n) is 1.86. The van der Waals surface area contributed by atoms with Crippen molar-refractivity contribution in [1.29, 1.82) is 0 Å². The molecule has 0 saturated heterocycles. The van der Waals surface area contributed by atoms with Crippen molar-refractivity contribution in [2.24, 2.45) is 10.2 Å². The Hall–Kier alpha value is -1.22. The van der Waals surface area contributed by atoms with Crippen LogP contribution in [-0.2, 0) is 0 Å². The van der Waals surface area contributed by atoms with E-state index in [-0.39, 0.29) is 12.1 Å². The summed E-state index contributed by atoms with van der Waals surface area (Å²) in [5.41, 5.74) is 0.857. The third kappa shape index (κ3) is 2.86. The van der Waals surface area contributed by atoms with Crippen LogP contribution in [-0.4, -0.2) is 17.3 Å².